The topological polar surface area (TPSA) is 112 Å². The Kier molecular flexibility index (Phi) is 8.71. The smallest absolute Gasteiger partial charge is 0.382 e. The Morgan fingerprint density at radius 3 is 2.50 bits per heavy atom. The minimum absolute atomic E-state index is 0.0584. The van der Waals surface area contributed by atoms with E-state index in [2.05, 4.69) is 32.6 Å². The molecule has 1 aliphatic heterocycles. The molecule has 4 rings (SSSR count). The van der Waals surface area contributed by atoms with Crippen molar-refractivity contribution in [2.45, 2.75) is 46.0 Å². The van der Waals surface area contributed by atoms with Gasteiger partial charge in [-0.25, -0.2) is 4.39 Å². The van der Waals surface area contributed by atoms with Gasteiger partial charge in [-0.05, 0) is 57.0 Å². The van der Waals surface area contributed by atoms with Crippen LogP contribution >= 0.6 is 11.6 Å². The number of nitrogens with zero attached hydrogens (tertiary/aromatic N) is 4. The molecule has 13 heteroatoms. The number of benzene rings is 2. The Hall–Kier alpha value is -4.26. The van der Waals surface area contributed by atoms with Crippen molar-refractivity contribution in [3.8, 4) is 12.1 Å². The van der Waals surface area contributed by atoms with Gasteiger partial charge in [0.05, 0.1) is 56.6 Å². The van der Waals surface area contributed by atoms with Gasteiger partial charge in [-0.15, -0.1) is 5.53 Å². The molecule has 4 N–H and O–H groups in total. The highest BCUT2D eigenvalue weighted by molar-refractivity contribution is 6.35. The first-order valence-corrected chi connectivity index (χ1v) is 13.4. The second-order valence-corrected chi connectivity index (χ2v) is 11.1. The highest BCUT2D eigenvalue weighted by atomic mass is 35.5. The van der Waals surface area contributed by atoms with Crippen molar-refractivity contribution in [2.24, 2.45) is 5.41 Å². The van der Waals surface area contributed by atoms with Gasteiger partial charge in [0.2, 0.25) is 0 Å². The molecule has 0 unspecified atom stereocenters. The predicted octanol–water partition coefficient (Wildman–Crippen LogP) is 6.62. The number of aromatic nitrogens is 1. The fraction of sp³-hybridized carbons (Fsp3) is 0.345. The van der Waals surface area contributed by atoms with Crippen LogP contribution in [0.2, 0.25) is 5.02 Å². The summed E-state index contributed by atoms with van der Waals surface area (Å²) in [5.74, 6) is 0. The Morgan fingerprint density at radius 1 is 1.14 bits per heavy atom. The largest absolute Gasteiger partial charge is 0.395 e. The van der Waals surface area contributed by atoms with Crippen LogP contribution in [0.3, 0.4) is 0 Å². The van der Waals surface area contributed by atoms with Crippen LogP contribution in [0, 0.1) is 35.0 Å². The van der Waals surface area contributed by atoms with E-state index in [1.54, 1.807) is 42.4 Å². The van der Waals surface area contributed by atoms with Crippen LogP contribution in [0.25, 0.3) is 10.9 Å². The van der Waals surface area contributed by atoms with E-state index in [1.165, 1.54) is 6.20 Å². The van der Waals surface area contributed by atoms with Crippen molar-refractivity contribution in [1.82, 2.24) is 21.0 Å². The number of hydrogen-bond donors (Lipinski definition) is 4. The second-order valence-electron chi connectivity index (χ2n) is 10.7. The molecule has 3 aromatic rings. The fourth-order valence-electron chi connectivity index (χ4n) is 4.41. The number of fused-ring (bicyclic) bond motifs is 1. The summed E-state index contributed by atoms with van der Waals surface area (Å²) in [6, 6.07) is 11.7. The average Bonchev–Trinajstić information content (AvgIpc) is 3.44. The van der Waals surface area contributed by atoms with Gasteiger partial charge in [-0.3, -0.25) is 9.99 Å². The summed E-state index contributed by atoms with van der Waals surface area (Å²) in [6.45, 7) is 4.56. The number of pyridine rings is 1. The van der Waals surface area contributed by atoms with Crippen molar-refractivity contribution < 1.29 is 17.6 Å². The SMILES string of the molecule is Cc1c(C#N)cccc1[C@H](Nc1cc(Cl)c2ncc(C#N)c(NCC(C)(C)C(F)(F)F)c2c1)C1=CN([C@@H](C)CF)NN1. The molecule has 42 heavy (non-hydrogen) atoms. The van der Waals surface area contributed by atoms with Crippen molar-refractivity contribution in [3.63, 3.8) is 0 Å². The van der Waals surface area contributed by atoms with E-state index in [1.807, 2.05) is 19.1 Å². The summed E-state index contributed by atoms with van der Waals surface area (Å²) in [5, 5.41) is 27.7. The summed E-state index contributed by atoms with van der Waals surface area (Å²) >= 11 is 6.62. The summed E-state index contributed by atoms with van der Waals surface area (Å²) in [6.07, 6.45) is -1.50. The summed E-state index contributed by atoms with van der Waals surface area (Å²) in [5.41, 5.74) is 7.44. The number of anilines is 2. The first kappa shape index (κ1) is 30.7. The number of hydrogen-bond acceptors (Lipinski definition) is 8. The minimum atomic E-state index is -4.48. The van der Waals surface area contributed by atoms with Gasteiger partial charge in [0.15, 0.2) is 0 Å². The molecule has 1 aromatic heterocycles. The maximum atomic E-state index is 13.6. The highest BCUT2D eigenvalue weighted by Crippen LogP contribution is 2.40. The third-order valence-corrected chi connectivity index (χ3v) is 7.54. The molecule has 0 aliphatic carbocycles. The van der Waals surface area contributed by atoms with Crippen LogP contribution in [-0.4, -0.2) is 35.4 Å². The average molecular weight is 601 g/mol. The van der Waals surface area contributed by atoms with Crippen LogP contribution in [0.4, 0.5) is 28.9 Å². The van der Waals surface area contributed by atoms with E-state index in [9.17, 15) is 28.1 Å². The molecule has 0 radical (unpaired) electrons. The van der Waals surface area contributed by atoms with Crippen molar-refractivity contribution in [1.29, 1.82) is 10.5 Å². The summed E-state index contributed by atoms with van der Waals surface area (Å²) < 4.78 is 54.2. The van der Waals surface area contributed by atoms with Gasteiger partial charge in [-0.2, -0.15) is 23.7 Å². The highest BCUT2D eigenvalue weighted by Gasteiger charge is 2.47. The number of alkyl halides is 4. The van der Waals surface area contributed by atoms with Gasteiger partial charge in [0.1, 0.15) is 12.7 Å². The first-order valence-electron chi connectivity index (χ1n) is 13.0. The monoisotopic (exact) mass is 600 g/mol. The van der Waals surface area contributed by atoms with Gasteiger partial charge in [-0.1, -0.05) is 23.7 Å². The zero-order chi connectivity index (χ0) is 30.8. The van der Waals surface area contributed by atoms with E-state index in [0.29, 0.717) is 33.4 Å². The lowest BCUT2D eigenvalue weighted by Crippen LogP contribution is -2.43. The molecule has 8 nitrogen and oxygen atoms in total. The Morgan fingerprint density at radius 2 is 1.86 bits per heavy atom. The molecule has 2 aromatic carbocycles. The second kappa shape index (κ2) is 11.9. The Bertz CT molecular complexity index is 1610. The molecule has 2 atom stereocenters. The van der Waals surface area contributed by atoms with Crippen molar-refractivity contribution in [2.75, 3.05) is 23.9 Å². The Labute approximate surface area is 245 Å². The van der Waals surface area contributed by atoms with E-state index in [4.69, 9.17) is 11.6 Å². The predicted molar refractivity (Wildman–Crippen MR) is 154 cm³/mol. The van der Waals surface area contributed by atoms with E-state index in [-0.39, 0.29) is 16.3 Å². The van der Waals surface area contributed by atoms with Gasteiger partial charge >= 0.3 is 6.18 Å². The fourth-order valence-corrected chi connectivity index (χ4v) is 4.67. The van der Waals surface area contributed by atoms with Gasteiger partial charge in [0, 0.05) is 30.0 Å². The van der Waals surface area contributed by atoms with Crippen molar-refractivity contribution >= 4 is 33.9 Å². The minimum Gasteiger partial charge on any atom is -0.382 e. The molecule has 0 saturated carbocycles. The molecule has 220 valence electrons. The van der Waals surface area contributed by atoms with Crippen LogP contribution in [0.1, 0.15) is 49.1 Å². The van der Waals surface area contributed by atoms with Gasteiger partial charge < -0.3 is 16.1 Å². The molecular weight excluding hydrogens is 572 g/mol. The molecule has 2 heterocycles. The zero-order valence-corrected chi connectivity index (χ0v) is 24.0. The van der Waals surface area contributed by atoms with E-state index >= 15 is 0 Å². The van der Waals surface area contributed by atoms with Crippen LogP contribution in [0.5, 0.6) is 0 Å². The maximum absolute atomic E-state index is 13.6. The molecule has 0 fully saturated rings. The summed E-state index contributed by atoms with van der Waals surface area (Å²) in [4.78, 5) is 4.28. The molecular formula is C29H29ClF4N8. The lowest BCUT2D eigenvalue weighted by atomic mass is 9.92. The zero-order valence-electron chi connectivity index (χ0n) is 23.3. The van der Waals surface area contributed by atoms with Gasteiger partial charge in [0.25, 0.3) is 0 Å². The number of nitrogens with one attached hydrogen (secondary N) is 4. The number of hydrazine groups is 2. The molecule has 0 spiro atoms. The maximum Gasteiger partial charge on any atom is 0.395 e. The van der Waals surface area contributed by atoms with E-state index in [0.717, 1.165) is 19.4 Å². The third-order valence-electron chi connectivity index (χ3n) is 7.25. The molecule has 1 aliphatic rings. The Balaban J connectivity index is 1.82. The number of rotatable bonds is 9. The first-order chi connectivity index (χ1) is 19.8. The normalized spacial score (nSPS) is 14.9. The van der Waals surface area contributed by atoms with Crippen LogP contribution in [0.15, 0.2) is 48.4 Å². The lowest BCUT2D eigenvalue weighted by molar-refractivity contribution is -0.206. The standard InChI is InChI=1S/C29H29ClF4N8/c1-16(10-31)42-14-24(40-41-42)27(21-7-5-6-18(11-35)17(21)2)39-20-8-22-25(38-15-28(3,4)29(32,33)34)19(12-36)13-37-26(22)23(30)9-20/h5-9,13-14,16,27,39-41H,10,15H2,1-4H3,(H,37,38)/t16-,27-/m0/s1. The van der Waals surface area contributed by atoms with E-state index < -0.39 is 36.9 Å². The number of halogens is 5. The van der Waals surface area contributed by atoms with Crippen LogP contribution < -0.4 is 21.6 Å². The van der Waals surface area contributed by atoms with Crippen molar-refractivity contribution in [3.05, 3.63) is 75.7 Å². The lowest BCUT2D eigenvalue weighted by Gasteiger charge is -2.29. The third kappa shape index (κ3) is 6.01. The summed E-state index contributed by atoms with van der Waals surface area (Å²) in [7, 11) is 0. The molecule has 0 saturated heterocycles. The number of nitriles is 2. The quantitative estimate of drug-likeness (QED) is 0.203. The van der Waals surface area contributed by atoms with Crippen LogP contribution in [-0.2, 0) is 0 Å². The molecule has 0 amide bonds. The molecule has 0 bridgehead atoms.